The van der Waals surface area contributed by atoms with E-state index in [0.29, 0.717) is 6.42 Å². The van der Waals surface area contributed by atoms with E-state index in [1.807, 2.05) is 0 Å². The molecule has 2 atom stereocenters. The molecule has 0 spiro atoms. The Morgan fingerprint density at radius 3 is 2.22 bits per heavy atom. The fraction of sp³-hybridized carbons (Fsp3) is 1.00. The molecule has 0 bridgehead atoms. The summed E-state index contributed by atoms with van der Waals surface area (Å²) in [6, 6.07) is 0. The van der Waals surface area contributed by atoms with E-state index >= 15 is 0 Å². The largest absolute Gasteiger partial charge is 0.393 e. The molecule has 0 aliphatic heterocycles. The number of aliphatic hydroxyl groups is 2. The second-order valence-electron chi connectivity index (χ2n) is 2.36. The van der Waals surface area contributed by atoms with Crippen LogP contribution in [0.1, 0.15) is 20.3 Å². The second kappa shape index (κ2) is 3.13. The lowest BCUT2D eigenvalue weighted by molar-refractivity contribution is -0.0341. The van der Waals surface area contributed by atoms with E-state index in [1.165, 1.54) is 6.92 Å². The van der Waals surface area contributed by atoms with Gasteiger partial charge in [0.05, 0.1) is 12.7 Å². The lowest BCUT2D eigenvalue weighted by Crippen LogP contribution is -2.37. The van der Waals surface area contributed by atoms with Crippen molar-refractivity contribution in [3.63, 3.8) is 0 Å². The van der Waals surface area contributed by atoms with Gasteiger partial charge in [0, 0.05) is 0 Å². The van der Waals surface area contributed by atoms with Crippen molar-refractivity contribution in [3.8, 4) is 0 Å². The summed E-state index contributed by atoms with van der Waals surface area (Å²) in [5, 5.41) is 17.2. The van der Waals surface area contributed by atoms with Crippen LogP contribution in [0.25, 0.3) is 0 Å². The van der Waals surface area contributed by atoms with E-state index in [1.54, 1.807) is 6.92 Å². The van der Waals surface area contributed by atoms with Crippen LogP contribution in [-0.2, 0) is 0 Å². The van der Waals surface area contributed by atoms with E-state index in [9.17, 15) is 4.39 Å². The maximum Gasteiger partial charge on any atom is 0.156 e. The van der Waals surface area contributed by atoms with Gasteiger partial charge < -0.3 is 10.2 Å². The first-order valence-corrected chi connectivity index (χ1v) is 3.02. The summed E-state index contributed by atoms with van der Waals surface area (Å²) in [5.41, 5.74) is -1.84. The minimum atomic E-state index is -1.84. The van der Waals surface area contributed by atoms with Gasteiger partial charge in [0.25, 0.3) is 0 Å². The van der Waals surface area contributed by atoms with Crippen LogP contribution >= 0.6 is 0 Å². The lowest BCUT2D eigenvalue weighted by Gasteiger charge is -2.22. The van der Waals surface area contributed by atoms with Gasteiger partial charge in [0.1, 0.15) is 0 Å². The molecule has 0 unspecified atom stereocenters. The SMILES string of the molecule is CC[C@H](O)[C@](C)(F)CO. The monoisotopic (exact) mass is 136 g/mol. The molecule has 0 aromatic carbocycles. The molecule has 2 N–H and O–H groups in total. The highest BCUT2D eigenvalue weighted by Gasteiger charge is 2.30. The van der Waals surface area contributed by atoms with Crippen molar-refractivity contribution in [1.29, 1.82) is 0 Å². The predicted molar refractivity (Wildman–Crippen MR) is 32.9 cm³/mol. The van der Waals surface area contributed by atoms with Crippen LogP contribution in [-0.4, -0.2) is 28.6 Å². The van der Waals surface area contributed by atoms with Gasteiger partial charge in [-0.2, -0.15) is 0 Å². The van der Waals surface area contributed by atoms with Crippen molar-refractivity contribution in [1.82, 2.24) is 0 Å². The van der Waals surface area contributed by atoms with E-state index in [2.05, 4.69) is 0 Å². The highest BCUT2D eigenvalue weighted by Crippen LogP contribution is 2.16. The number of hydrogen-bond donors (Lipinski definition) is 2. The summed E-state index contributed by atoms with van der Waals surface area (Å²) in [6.07, 6.45) is -0.726. The summed E-state index contributed by atoms with van der Waals surface area (Å²) in [7, 11) is 0. The van der Waals surface area contributed by atoms with Gasteiger partial charge in [-0.15, -0.1) is 0 Å². The number of halogens is 1. The molecule has 0 aliphatic rings. The third-order valence-electron chi connectivity index (χ3n) is 1.39. The molecule has 0 amide bonds. The molecule has 0 aromatic rings. The van der Waals surface area contributed by atoms with E-state index in [0.717, 1.165) is 0 Å². The molecule has 9 heavy (non-hydrogen) atoms. The van der Waals surface area contributed by atoms with Gasteiger partial charge in [-0.3, -0.25) is 0 Å². The molecule has 0 saturated carbocycles. The highest BCUT2D eigenvalue weighted by atomic mass is 19.1. The van der Waals surface area contributed by atoms with E-state index in [-0.39, 0.29) is 0 Å². The Bertz CT molecular complexity index is 83.1. The maximum absolute atomic E-state index is 12.7. The minimum Gasteiger partial charge on any atom is -0.393 e. The average Bonchev–Trinajstić information content (AvgIpc) is 1.86. The van der Waals surface area contributed by atoms with Crippen molar-refractivity contribution in [2.75, 3.05) is 6.61 Å². The Balaban J connectivity index is 3.80. The molecule has 0 rings (SSSR count). The first kappa shape index (κ1) is 8.85. The van der Waals surface area contributed by atoms with Crippen molar-refractivity contribution >= 4 is 0 Å². The molecular weight excluding hydrogens is 123 g/mol. The zero-order valence-electron chi connectivity index (χ0n) is 5.76. The molecule has 0 radical (unpaired) electrons. The molecule has 2 nitrogen and oxygen atoms in total. The smallest absolute Gasteiger partial charge is 0.156 e. The fourth-order valence-corrected chi connectivity index (χ4v) is 0.531. The lowest BCUT2D eigenvalue weighted by atomic mass is 10.0. The predicted octanol–water partition coefficient (Wildman–Crippen LogP) is 0.478. The van der Waals surface area contributed by atoms with E-state index in [4.69, 9.17) is 10.2 Å². The quantitative estimate of drug-likeness (QED) is 0.592. The topological polar surface area (TPSA) is 40.5 Å². The average molecular weight is 136 g/mol. The van der Waals surface area contributed by atoms with Gasteiger partial charge in [-0.05, 0) is 13.3 Å². The summed E-state index contributed by atoms with van der Waals surface area (Å²) in [6.45, 7) is 2.22. The molecular formula is C6H13FO2. The summed E-state index contributed by atoms with van der Waals surface area (Å²) in [4.78, 5) is 0. The first-order valence-electron chi connectivity index (χ1n) is 3.02. The van der Waals surface area contributed by atoms with Crippen molar-refractivity contribution in [2.45, 2.75) is 32.0 Å². The third kappa shape index (κ3) is 2.28. The number of rotatable bonds is 3. The highest BCUT2D eigenvalue weighted by molar-refractivity contribution is 4.79. The zero-order valence-corrected chi connectivity index (χ0v) is 5.76. The Kier molecular flexibility index (Phi) is 3.08. The van der Waals surface area contributed by atoms with Crippen LogP contribution in [0.5, 0.6) is 0 Å². The van der Waals surface area contributed by atoms with Crippen molar-refractivity contribution < 1.29 is 14.6 Å². The van der Waals surface area contributed by atoms with Crippen molar-refractivity contribution in [3.05, 3.63) is 0 Å². The van der Waals surface area contributed by atoms with Crippen LogP contribution in [0.2, 0.25) is 0 Å². The molecule has 0 aliphatic carbocycles. The molecule has 0 saturated heterocycles. The normalized spacial score (nSPS) is 21.0. The van der Waals surface area contributed by atoms with Crippen molar-refractivity contribution in [2.24, 2.45) is 0 Å². The minimum absolute atomic E-state index is 0.327. The van der Waals surface area contributed by atoms with Gasteiger partial charge >= 0.3 is 0 Å². The van der Waals surface area contributed by atoms with Crippen LogP contribution < -0.4 is 0 Å². The van der Waals surface area contributed by atoms with Gasteiger partial charge in [0.15, 0.2) is 5.67 Å². The number of alkyl halides is 1. The Labute approximate surface area is 54.3 Å². The number of aliphatic hydroxyl groups excluding tert-OH is 2. The molecule has 56 valence electrons. The summed E-state index contributed by atoms with van der Waals surface area (Å²) < 4.78 is 12.7. The summed E-state index contributed by atoms with van der Waals surface area (Å²) >= 11 is 0. The zero-order chi connectivity index (χ0) is 7.49. The third-order valence-corrected chi connectivity index (χ3v) is 1.39. The fourth-order valence-electron chi connectivity index (χ4n) is 0.531. The van der Waals surface area contributed by atoms with Gasteiger partial charge in [-0.25, -0.2) is 4.39 Å². The second-order valence-corrected chi connectivity index (χ2v) is 2.36. The summed E-state index contributed by atoms with van der Waals surface area (Å²) in [5.74, 6) is 0. The Hall–Kier alpha value is -0.150. The van der Waals surface area contributed by atoms with E-state index < -0.39 is 18.4 Å². The van der Waals surface area contributed by atoms with Gasteiger partial charge in [-0.1, -0.05) is 6.92 Å². The molecule has 0 heterocycles. The molecule has 3 heteroatoms. The Morgan fingerprint density at radius 2 is 2.11 bits per heavy atom. The van der Waals surface area contributed by atoms with Crippen LogP contribution in [0.15, 0.2) is 0 Å². The van der Waals surface area contributed by atoms with Gasteiger partial charge in [0.2, 0.25) is 0 Å². The number of hydrogen-bond acceptors (Lipinski definition) is 2. The standard InChI is InChI=1S/C6H13FO2/c1-3-5(9)6(2,7)4-8/h5,8-9H,3-4H2,1-2H3/t5-,6+/m0/s1. The van der Waals surface area contributed by atoms with Crippen LogP contribution in [0.3, 0.4) is 0 Å². The molecule has 0 aromatic heterocycles. The Morgan fingerprint density at radius 1 is 1.67 bits per heavy atom. The first-order chi connectivity index (χ1) is 4.04. The molecule has 0 fully saturated rings. The van der Waals surface area contributed by atoms with Crippen LogP contribution in [0, 0.1) is 0 Å². The maximum atomic E-state index is 12.7. The van der Waals surface area contributed by atoms with Crippen LogP contribution in [0.4, 0.5) is 4.39 Å².